The molecule has 0 fully saturated rings. The topological polar surface area (TPSA) is 21.7 Å². The first-order valence-corrected chi connectivity index (χ1v) is 14.1. The van der Waals surface area contributed by atoms with Crippen molar-refractivity contribution in [3.05, 3.63) is 78.4 Å². The molecule has 0 amide bonds. The standard InChI is InChI=1S/C9H12N.2C7H7O.Bi/c1-10(2)8-9-6-4-3-5-7-9;2*1-8-7-5-3-2-4-6-7;/h3-6H,8H2,1-2H3;2*3-6H,1H3;. The van der Waals surface area contributed by atoms with Crippen LogP contribution in [0.3, 0.4) is 0 Å². The molecule has 0 saturated heterocycles. The summed E-state index contributed by atoms with van der Waals surface area (Å²) in [5.41, 5.74) is 1.42. The average molecular weight is 557 g/mol. The molecule has 3 aromatic rings. The van der Waals surface area contributed by atoms with Gasteiger partial charge in [0.05, 0.1) is 0 Å². The summed E-state index contributed by atoms with van der Waals surface area (Å²) in [7, 11) is 7.68. The normalized spacial score (nSPS) is 11.0. The third-order valence-electron chi connectivity index (χ3n) is 4.38. The van der Waals surface area contributed by atoms with E-state index in [1.165, 1.54) is 15.4 Å². The van der Waals surface area contributed by atoms with Crippen LogP contribution in [0, 0.1) is 0 Å². The van der Waals surface area contributed by atoms with Crippen molar-refractivity contribution in [2.75, 3.05) is 28.3 Å². The minimum atomic E-state index is -2.43. The zero-order valence-corrected chi connectivity index (χ0v) is 19.8. The van der Waals surface area contributed by atoms with Crippen LogP contribution in [0.1, 0.15) is 5.56 Å². The van der Waals surface area contributed by atoms with Gasteiger partial charge in [-0.15, -0.1) is 0 Å². The van der Waals surface area contributed by atoms with Crippen LogP contribution in [0.5, 0.6) is 11.5 Å². The molecule has 0 unspecified atom stereocenters. The van der Waals surface area contributed by atoms with Gasteiger partial charge in [-0.05, 0) is 0 Å². The average Bonchev–Trinajstić information content (AvgIpc) is 2.70. The van der Waals surface area contributed by atoms with Crippen molar-refractivity contribution >= 4 is 31.6 Å². The molecule has 3 rings (SSSR count). The van der Waals surface area contributed by atoms with Crippen molar-refractivity contribution in [3.63, 3.8) is 0 Å². The van der Waals surface area contributed by atoms with Gasteiger partial charge in [0.25, 0.3) is 0 Å². The second-order valence-corrected chi connectivity index (χ2v) is 15.1. The Bertz CT molecular complexity index is 813. The van der Waals surface area contributed by atoms with Crippen LogP contribution in [-0.4, -0.2) is 55.0 Å². The van der Waals surface area contributed by atoms with E-state index in [1.807, 2.05) is 0 Å². The first kappa shape index (κ1) is 19.9. The molecule has 140 valence electrons. The van der Waals surface area contributed by atoms with Crippen molar-refractivity contribution in [3.8, 4) is 11.5 Å². The fourth-order valence-electron chi connectivity index (χ4n) is 3.09. The van der Waals surface area contributed by atoms with Crippen LogP contribution in [0.4, 0.5) is 0 Å². The molecular weight excluding hydrogens is 531 g/mol. The van der Waals surface area contributed by atoms with Gasteiger partial charge in [-0.3, -0.25) is 0 Å². The second-order valence-electron chi connectivity index (χ2n) is 6.60. The number of rotatable bonds is 7. The molecule has 4 heteroatoms. The van der Waals surface area contributed by atoms with Gasteiger partial charge in [-0.2, -0.15) is 0 Å². The maximum atomic E-state index is 5.37. The molecule has 0 N–H and O–H groups in total. The van der Waals surface area contributed by atoms with Gasteiger partial charge < -0.3 is 0 Å². The summed E-state index contributed by atoms with van der Waals surface area (Å²) >= 11 is -2.43. The van der Waals surface area contributed by atoms with Gasteiger partial charge in [0.2, 0.25) is 0 Å². The molecule has 3 aromatic carbocycles. The van der Waals surface area contributed by atoms with Crippen LogP contribution < -0.4 is 19.3 Å². The Morgan fingerprint density at radius 1 is 0.704 bits per heavy atom. The second kappa shape index (κ2) is 9.35. The Morgan fingerprint density at radius 3 is 1.63 bits per heavy atom. The van der Waals surface area contributed by atoms with Crippen LogP contribution in [0.15, 0.2) is 72.8 Å². The number of benzene rings is 3. The summed E-state index contributed by atoms with van der Waals surface area (Å²) in [4.78, 5) is 2.24. The van der Waals surface area contributed by atoms with Crippen molar-refractivity contribution in [2.45, 2.75) is 6.54 Å². The van der Waals surface area contributed by atoms with Crippen molar-refractivity contribution in [1.82, 2.24) is 4.90 Å². The summed E-state index contributed by atoms with van der Waals surface area (Å²) in [6.07, 6.45) is 0. The Morgan fingerprint density at radius 2 is 1.19 bits per heavy atom. The SMILES string of the molecule is COc1cc[c]([Bi]([c]2ccc(OC)cc2)[c]2ccccc2CN(C)C)cc1. The number of ether oxygens (including phenoxy) is 2. The van der Waals surface area contributed by atoms with E-state index >= 15 is 0 Å². The van der Waals surface area contributed by atoms with Gasteiger partial charge >= 0.3 is 171 Å². The molecule has 0 aliphatic carbocycles. The van der Waals surface area contributed by atoms with Crippen molar-refractivity contribution < 1.29 is 9.47 Å². The number of nitrogens with zero attached hydrogens (tertiary/aromatic N) is 1. The fourth-order valence-corrected chi connectivity index (χ4v) is 12.5. The molecule has 0 atom stereocenters. The number of methoxy groups -OCH3 is 2. The van der Waals surface area contributed by atoms with E-state index in [9.17, 15) is 0 Å². The number of hydrogen-bond acceptors (Lipinski definition) is 3. The minimum absolute atomic E-state index is 0.902. The summed E-state index contributed by atoms with van der Waals surface area (Å²) in [6, 6.07) is 26.2. The first-order valence-electron chi connectivity index (χ1n) is 8.93. The van der Waals surface area contributed by atoms with Crippen LogP contribution in [0.2, 0.25) is 0 Å². The Balaban J connectivity index is 2.12. The molecular formula is C23H26BiNO2. The quantitative estimate of drug-likeness (QED) is 0.417. The van der Waals surface area contributed by atoms with E-state index in [0.717, 1.165) is 18.0 Å². The summed E-state index contributed by atoms with van der Waals surface area (Å²) in [5.74, 6) is 1.80. The van der Waals surface area contributed by atoms with E-state index in [4.69, 9.17) is 9.47 Å². The predicted octanol–water partition coefficient (Wildman–Crippen LogP) is 2.28. The van der Waals surface area contributed by atoms with Crippen molar-refractivity contribution in [2.24, 2.45) is 0 Å². The Hall–Kier alpha value is -1.90. The molecule has 0 aromatic heterocycles. The van der Waals surface area contributed by atoms with E-state index in [0.29, 0.717) is 0 Å². The third-order valence-corrected chi connectivity index (χ3v) is 14.3. The predicted molar refractivity (Wildman–Crippen MR) is 114 cm³/mol. The molecule has 0 bridgehead atoms. The van der Waals surface area contributed by atoms with Gasteiger partial charge in [0, 0.05) is 0 Å². The molecule has 0 radical (unpaired) electrons. The zero-order valence-electron chi connectivity index (χ0n) is 16.3. The van der Waals surface area contributed by atoms with E-state index in [2.05, 4.69) is 91.8 Å². The van der Waals surface area contributed by atoms with Crippen LogP contribution in [0.25, 0.3) is 0 Å². The van der Waals surface area contributed by atoms with Gasteiger partial charge in [0.1, 0.15) is 0 Å². The van der Waals surface area contributed by atoms with E-state index in [1.54, 1.807) is 14.2 Å². The molecule has 0 heterocycles. The van der Waals surface area contributed by atoms with Crippen LogP contribution in [-0.2, 0) is 6.54 Å². The molecule has 0 aliphatic rings. The van der Waals surface area contributed by atoms with Crippen molar-refractivity contribution in [1.29, 1.82) is 0 Å². The zero-order chi connectivity index (χ0) is 19.2. The number of hydrogen-bond donors (Lipinski definition) is 0. The molecule has 0 aliphatic heterocycles. The molecule has 3 nitrogen and oxygen atoms in total. The Kier molecular flexibility index (Phi) is 6.87. The first-order chi connectivity index (χ1) is 13.1. The van der Waals surface area contributed by atoms with E-state index in [-0.39, 0.29) is 0 Å². The van der Waals surface area contributed by atoms with E-state index < -0.39 is 21.8 Å². The molecule has 0 spiro atoms. The maximum absolute atomic E-state index is 5.37. The van der Waals surface area contributed by atoms with Gasteiger partial charge in [-0.25, -0.2) is 0 Å². The van der Waals surface area contributed by atoms with Crippen LogP contribution >= 0.6 is 0 Å². The Labute approximate surface area is 170 Å². The molecule has 0 saturated carbocycles. The third kappa shape index (κ3) is 4.88. The summed E-state index contributed by atoms with van der Waals surface area (Å²) in [5, 5.41) is 0. The van der Waals surface area contributed by atoms with Gasteiger partial charge in [0.15, 0.2) is 0 Å². The fraction of sp³-hybridized carbons (Fsp3) is 0.217. The summed E-state index contributed by atoms with van der Waals surface area (Å²) < 4.78 is 15.2. The summed E-state index contributed by atoms with van der Waals surface area (Å²) in [6.45, 7) is 0.953. The monoisotopic (exact) mass is 557 g/mol. The molecule has 27 heavy (non-hydrogen) atoms. The van der Waals surface area contributed by atoms with Gasteiger partial charge in [-0.1, -0.05) is 0 Å².